The number of methoxy groups -OCH3 is 1. The molecule has 0 atom stereocenters. The predicted octanol–water partition coefficient (Wildman–Crippen LogP) is 3.01. The van der Waals surface area contributed by atoms with E-state index in [1.54, 1.807) is 7.11 Å². The highest BCUT2D eigenvalue weighted by atomic mass is 127. The van der Waals surface area contributed by atoms with Crippen molar-refractivity contribution in [1.29, 1.82) is 0 Å². The smallest absolute Gasteiger partial charge is 0.194 e. The summed E-state index contributed by atoms with van der Waals surface area (Å²) >= 11 is 0. The number of halogens is 2. The van der Waals surface area contributed by atoms with E-state index in [4.69, 9.17) is 4.74 Å². The van der Waals surface area contributed by atoms with Crippen LogP contribution >= 0.6 is 24.0 Å². The zero-order valence-electron chi connectivity index (χ0n) is 18.3. The Kier molecular flexibility index (Phi) is 10.0. The molecule has 0 aromatic heterocycles. The number of nitrogens with one attached hydrogen (secondary N) is 1. The van der Waals surface area contributed by atoms with Crippen LogP contribution in [0.3, 0.4) is 0 Å². The van der Waals surface area contributed by atoms with Gasteiger partial charge < -0.3 is 19.9 Å². The van der Waals surface area contributed by atoms with E-state index in [1.165, 1.54) is 18.2 Å². The number of benzene rings is 2. The number of hydrogen-bond donors (Lipinski definition) is 1. The maximum absolute atomic E-state index is 13.9. The van der Waals surface area contributed by atoms with Gasteiger partial charge in [0.15, 0.2) is 15.8 Å². The third-order valence-corrected chi connectivity index (χ3v) is 6.85. The van der Waals surface area contributed by atoms with Crippen LogP contribution in [0, 0.1) is 5.82 Å². The average molecular weight is 576 g/mol. The Morgan fingerprint density at radius 2 is 1.84 bits per heavy atom. The van der Waals surface area contributed by atoms with Gasteiger partial charge in [-0.1, -0.05) is 18.2 Å². The second kappa shape index (κ2) is 12.2. The van der Waals surface area contributed by atoms with Gasteiger partial charge in [-0.2, -0.15) is 0 Å². The molecule has 0 saturated carbocycles. The molecule has 0 bridgehead atoms. The molecule has 0 radical (unpaired) electrons. The lowest BCUT2D eigenvalue weighted by molar-refractivity contribution is 0.372. The van der Waals surface area contributed by atoms with Crippen molar-refractivity contribution in [1.82, 2.24) is 10.2 Å². The number of anilines is 1. The molecule has 0 unspecified atom stereocenters. The van der Waals surface area contributed by atoms with Gasteiger partial charge in [0, 0.05) is 44.5 Å². The molecule has 0 spiro atoms. The van der Waals surface area contributed by atoms with E-state index < -0.39 is 15.7 Å². The van der Waals surface area contributed by atoms with Crippen molar-refractivity contribution in [3.8, 4) is 5.75 Å². The highest BCUT2D eigenvalue weighted by Crippen LogP contribution is 2.22. The summed E-state index contributed by atoms with van der Waals surface area (Å²) in [6.07, 6.45) is 0. The summed E-state index contributed by atoms with van der Waals surface area (Å²) in [6.45, 7) is 5.84. The van der Waals surface area contributed by atoms with Crippen LogP contribution in [0.5, 0.6) is 5.75 Å². The van der Waals surface area contributed by atoms with Gasteiger partial charge in [0.1, 0.15) is 16.5 Å². The van der Waals surface area contributed by atoms with Gasteiger partial charge in [-0.25, -0.2) is 12.8 Å². The predicted molar refractivity (Wildman–Crippen MR) is 137 cm³/mol. The molecule has 0 aliphatic carbocycles. The lowest BCUT2D eigenvalue weighted by Gasteiger charge is -2.37. The number of rotatable bonds is 7. The Morgan fingerprint density at radius 1 is 1.12 bits per heavy atom. The fourth-order valence-electron chi connectivity index (χ4n) is 3.49. The van der Waals surface area contributed by atoms with E-state index in [9.17, 15) is 12.8 Å². The third-order valence-electron chi connectivity index (χ3n) is 5.13. The second-order valence-corrected chi connectivity index (χ2v) is 9.24. The number of aliphatic imine (C=N–C) groups is 1. The van der Waals surface area contributed by atoms with Gasteiger partial charge in [-0.15, -0.1) is 24.0 Å². The number of hydrogen-bond acceptors (Lipinski definition) is 5. The van der Waals surface area contributed by atoms with E-state index in [1.807, 2.05) is 25.1 Å². The van der Waals surface area contributed by atoms with E-state index in [0.717, 1.165) is 43.7 Å². The molecule has 1 fully saturated rings. The standard InChI is InChI=1S/C22H29FN4O3S.HI/c1-3-24-22(25-11-16-31(28,29)21-10-5-4-9-20(21)23)27-14-12-26(13-15-27)18-7-6-8-19(17-18)30-2;/h4-10,17H,3,11-16H2,1-2H3,(H,24,25);1H. The zero-order chi connectivity index (χ0) is 22.3. The molecule has 32 heavy (non-hydrogen) atoms. The minimum Gasteiger partial charge on any atom is -0.497 e. The molecule has 1 aliphatic heterocycles. The number of sulfone groups is 1. The third kappa shape index (κ3) is 6.71. The van der Waals surface area contributed by atoms with Crippen molar-refractivity contribution in [3.63, 3.8) is 0 Å². The first-order chi connectivity index (χ1) is 14.9. The molecule has 0 amide bonds. The summed E-state index contributed by atoms with van der Waals surface area (Å²) in [5.41, 5.74) is 1.11. The van der Waals surface area contributed by atoms with Gasteiger partial charge >= 0.3 is 0 Å². The first-order valence-electron chi connectivity index (χ1n) is 10.3. The molecule has 1 heterocycles. The summed E-state index contributed by atoms with van der Waals surface area (Å²) in [5.74, 6) is 0.529. The molecular formula is C22H30FIN4O3S. The van der Waals surface area contributed by atoms with Crippen LogP contribution in [-0.4, -0.2) is 71.4 Å². The molecular weight excluding hydrogens is 546 g/mol. The molecule has 1 aliphatic rings. The van der Waals surface area contributed by atoms with Crippen molar-refractivity contribution in [2.45, 2.75) is 11.8 Å². The largest absolute Gasteiger partial charge is 0.497 e. The summed E-state index contributed by atoms with van der Waals surface area (Å²) in [6, 6.07) is 13.4. The number of guanidine groups is 1. The minimum absolute atomic E-state index is 0. The van der Waals surface area contributed by atoms with E-state index in [0.29, 0.717) is 12.5 Å². The highest BCUT2D eigenvalue weighted by molar-refractivity contribution is 14.0. The Balaban J connectivity index is 0.00000363. The van der Waals surface area contributed by atoms with Crippen LogP contribution in [0.4, 0.5) is 10.1 Å². The van der Waals surface area contributed by atoms with Crippen molar-refractivity contribution >= 4 is 45.5 Å². The second-order valence-electron chi connectivity index (χ2n) is 7.16. The van der Waals surface area contributed by atoms with Crippen LogP contribution in [0.25, 0.3) is 0 Å². The number of nitrogens with zero attached hydrogens (tertiary/aromatic N) is 3. The Labute approximate surface area is 206 Å². The van der Waals surface area contributed by atoms with Crippen molar-refractivity contribution in [3.05, 3.63) is 54.3 Å². The van der Waals surface area contributed by atoms with E-state index in [-0.39, 0.29) is 41.2 Å². The van der Waals surface area contributed by atoms with Crippen molar-refractivity contribution in [2.75, 3.05) is 57.0 Å². The van der Waals surface area contributed by atoms with Gasteiger partial charge in [-0.05, 0) is 31.2 Å². The molecule has 1 N–H and O–H groups in total. The lowest BCUT2D eigenvalue weighted by atomic mass is 10.2. The van der Waals surface area contributed by atoms with Gasteiger partial charge in [-0.3, -0.25) is 4.99 Å². The van der Waals surface area contributed by atoms with Gasteiger partial charge in [0.25, 0.3) is 0 Å². The Hall–Kier alpha value is -2.08. The van der Waals surface area contributed by atoms with Gasteiger partial charge in [0.05, 0.1) is 19.4 Å². The molecule has 2 aromatic rings. The summed E-state index contributed by atoms with van der Waals surface area (Å²) in [7, 11) is -2.08. The molecule has 176 valence electrons. The summed E-state index contributed by atoms with van der Waals surface area (Å²) < 4.78 is 44.1. The summed E-state index contributed by atoms with van der Waals surface area (Å²) in [5, 5.41) is 3.23. The highest BCUT2D eigenvalue weighted by Gasteiger charge is 2.21. The SMILES string of the molecule is CCNC(=NCCS(=O)(=O)c1ccccc1F)N1CCN(c2cccc(OC)c2)CC1.I. The van der Waals surface area contributed by atoms with Crippen LogP contribution < -0.4 is 15.0 Å². The molecule has 2 aromatic carbocycles. The van der Waals surface area contributed by atoms with Crippen molar-refractivity contribution in [2.24, 2.45) is 4.99 Å². The maximum atomic E-state index is 13.9. The molecule has 7 nitrogen and oxygen atoms in total. The molecule has 3 rings (SSSR count). The van der Waals surface area contributed by atoms with Gasteiger partial charge in [0.2, 0.25) is 0 Å². The van der Waals surface area contributed by atoms with Crippen LogP contribution in [0.2, 0.25) is 0 Å². The van der Waals surface area contributed by atoms with Crippen LogP contribution in [0.15, 0.2) is 58.4 Å². The lowest BCUT2D eigenvalue weighted by Crippen LogP contribution is -2.52. The topological polar surface area (TPSA) is 74.2 Å². The zero-order valence-corrected chi connectivity index (χ0v) is 21.5. The number of ether oxygens (including phenoxy) is 1. The molecule has 10 heteroatoms. The van der Waals surface area contributed by atoms with Crippen LogP contribution in [0.1, 0.15) is 6.92 Å². The number of piperazine rings is 1. The minimum atomic E-state index is -3.73. The van der Waals surface area contributed by atoms with Crippen LogP contribution in [-0.2, 0) is 9.84 Å². The van der Waals surface area contributed by atoms with Crippen molar-refractivity contribution < 1.29 is 17.5 Å². The monoisotopic (exact) mass is 576 g/mol. The fraction of sp³-hybridized carbons (Fsp3) is 0.409. The fourth-order valence-corrected chi connectivity index (χ4v) is 4.69. The summed E-state index contributed by atoms with van der Waals surface area (Å²) in [4.78, 5) is 8.62. The molecule has 1 saturated heterocycles. The van der Waals surface area contributed by atoms with E-state index >= 15 is 0 Å². The van der Waals surface area contributed by atoms with E-state index in [2.05, 4.69) is 26.2 Å². The quantitative estimate of drug-likeness (QED) is 0.311. The first-order valence-corrected chi connectivity index (χ1v) is 12.0. The maximum Gasteiger partial charge on any atom is 0.194 e. The Bertz CT molecular complexity index is 1010. The first kappa shape index (κ1) is 26.2. The normalized spacial score (nSPS) is 14.7. The Morgan fingerprint density at radius 3 is 2.50 bits per heavy atom. The average Bonchev–Trinajstić information content (AvgIpc) is 2.79.